The van der Waals surface area contributed by atoms with Crippen LogP contribution in [0.5, 0.6) is 5.75 Å². The summed E-state index contributed by atoms with van der Waals surface area (Å²) in [6.45, 7) is 4.33. The largest absolute Gasteiger partial charge is 0.496 e. The van der Waals surface area contributed by atoms with Gasteiger partial charge in [-0.15, -0.1) is 11.8 Å². The number of unbranched alkanes of at least 4 members (excludes halogenated alkanes) is 2. The Bertz CT molecular complexity index is 880. The van der Waals surface area contributed by atoms with Gasteiger partial charge in [0.15, 0.2) is 0 Å². The van der Waals surface area contributed by atoms with E-state index in [4.69, 9.17) is 4.74 Å². The van der Waals surface area contributed by atoms with Crippen molar-refractivity contribution in [2.45, 2.75) is 57.3 Å². The van der Waals surface area contributed by atoms with E-state index in [1.165, 1.54) is 12.1 Å². The number of hydrogen-bond acceptors (Lipinski definition) is 3. The molecule has 0 unspecified atom stereocenters. The molecular weight excluding hydrogens is 465 g/mol. The quantitative estimate of drug-likeness (QED) is 0.376. The fourth-order valence-electron chi connectivity index (χ4n) is 3.96. The second-order valence-corrected chi connectivity index (χ2v) is 9.72. The first kappa shape index (κ1) is 23.1. The highest BCUT2D eigenvalue weighted by atomic mass is 79.9. The van der Waals surface area contributed by atoms with Crippen LogP contribution in [0.4, 0.5) is 15.8 Å². The highest BCUT2D eigenvalue weighted by Gasteiger charge is 2.44. The molecule has 3 nitrogen and oxygen atoms in total. The van der Waals surface area contributed by atoms with E-state index in [0.29, 0.717) is 5.69 Å². The number of benzene rings is 2. The molecule has 1 amide bonds. The summed E-state index contributed by atoms with van der Waals surface area (Å²) in [5, 5.41) is 0. The third kappa shape index (κ3) is 4.70. The van der Waals surface area contributed by atoms with Gasteiger partial charge in [-0.3, -0.25) is 9.69 Å². The molecular formula is C24H29BrFNO2S. The van der Waals surface area contributed by atoms with Crippen LogP contribution in [0.15, 0.2) is 45.8 Å². The maximum absolute atomic E-state index is 14.2. The van der Waals surface area contributed by atoms with Gasteiger partial charge in [0.2, 0.25) is 5.91 Å². The van der Waals surface area contributed by atoms with Crippen LogP contribution in [0.1, 0.15) is 52.4 Å². The van der Waals surface area contributed by atoms with E-state index in [2.05, 4.69) is 29.8 Å². The maximum atomic E-state index is 14.2. The third-order valence-electron chi connectivity index (χ3n) is 5.74. The Morgan fingerprint density at radius 3 is 2.33 bits per heavy atom. The topological polar surface area (TPSA) is 29.5 Å². The summed E-state index contributed by atoms with van der Waals surface area (Å²) in [7, 11) is 1.64. The van der Waals surface area contributed by atoms with Gasteiger partial charge in [0.1, 0.15) is 11.6 Å². The molecule has 0 saturated carbocycles. The Kier molecular flexibility index (Phi) is 7.86. The fourth-order valence-corrected chi connectivity index (χ4v) is 5.78. The SMILES string of the molecule is CCCCC1(CCCC)CSc2cc(OC)c(Br)cc2N(c2ccc(F)cc2)C1=O. The van der Waals surface area contributed by atoms with Crippen LogP contribution in [-0.4, -0.2) is 18.8 Å². The molecule has 2 aromatic rings. The normalized spacial score (nSPS) is 15.6. The van der Waals surface area contributed by atoms with E-state index in [1.54, 1.807) is 35.9 Å². The number of fused-ring (bicyclic) bond motifs is 1. The van der Waals surface area contributed by atoms with Crippen LogP contribution < -0.4 is 9.64 Å². The lowest BCUT2D eigenvalue weighted by Gasteiger charge is -2.35. The van der Waals surface area contributed by atoms with Crippen molar-refractivity contribution in [3.63, 3.8) is 0 Å². The average molecular weight is 494 g/mol. The van der Waals surface area contributed by atoms with Crippen LogP contribution in [0.2, 0.25) is 0 Å². The number of carbonyl (C=O) groups is 1. The van der Waals surface area contributed by atoms with E-state index in [-0.39, 0.29) is 11.7 Å². The standard InChI is InChI=1S/C24H29BrFNO2S/c1-4-6-12-24(13-7-5-2)16-30-22-15-21(29-3)19(25)14-20(22)27(23(24)28)18-10-8-17(26)9-11-18/h8-11,14-15H,4-7,12-13,16H2,1-3H3. The molecule has 0 aromatic heterocycles. The molecule has 2 aromatic carbocycles. The van der Waals surface area contributed by atoms with Gasteiger partial charge in [-0.05, 0) is 65.2 Å². The molecule has 0 aliphatic carbocycles. The molecule has 0 bridgehead atoms. The Hall–Kier alpha value is -1.53. The molecule has 1 aliphatic heterocycles. The number of amides is 1. The van der Waals surface area contributed by atoms with Crippen molar-refractivity contribution in [1.29, 1.82) is 0 Å². The highest BCUT2D eigenvalue weighted by molar-refractivity contribution is 9.10. The van der Waals surface area contributed by atoms with Gasteiger partial charge in [0.05, 0.1) is 22.7 Å². The minimum atomic E-state index is -0.441. The number of thioether (sulfide) groups is 1. The predicted molar refractivity (Wildman–Crippen MR) is 126 cm³/mol. The molecule has 0 saturated heterocycles. The molecule has 0 radical (unpaired) electrons. The zero-order valence-electron chi connectivity index (χ0n) is 17.8. The Labute approximate surface area is 191 Å². The average Bonchev–Trinajstić information content (AvgIpc) is 2.86. The zero-order chi connectivity index (χ0) is 21.7. The van der Waals surface area contributed by atoms with Crippen LogP contribution in [-0.2, 0) is 4.79 Å². The summed E-state index contributed by atoms with van der Waals surface area (Å²) < 4.78 is 19.9. The molecule has 0 atom stereocenters. The minimum Gasteiger partial charge on any atom is -0.496 e. The first-order chi connectivity index (χ1) is 14.5. The number of nitrogens with zero attached hydrogens (tertiary/aromatic N) is 1. The summed E-state index contributed by atoms with van der Waals surface area (Å²) in [6, 6.07) is 10.1. The van der Waals surface area contributed by atoms with Gasteiger partial charge in [-0.2, -0.15) is 0 Å². The third-order valence-corrected chi connectivity index (χ3v) is 7.69. The van der Waals surface area contributed by atoms with Crippen molar-refractivity contribution in [2.24, 2.45) is 5.41 Å². The van der Waals surface area contributed by atoms with Crippen LogP contribution in [0.3, 0.4) is 0 Å². The lowest BCUT2D eigenvalue weighted by Crippen LogP contribution is -2.42. The second kappa shape index (κ2) is 10.2. The van der Waals surface area contributed by atoms with Gasteiger partial charge in [-0.25, -0.2) is 4.39 Å². The first-order valence-electron chi connectivity index (χ1n) is 10.6. The van der Waals surface area contributed by atoms with Crippen molar-refractivity contribution >= 4 is 45.0 Å². The van der Waals surface area contributed by atoms with E-state index >= 15 is 0 Å². The number of anilines is 2. The molecule has 0 N–H and O–H groups in total. The minimum absolute atomic E-state index is 0.110. The van der Waals surface area contributed by atoms with Crippen molar-refractivity contribution in [2.75, 3.05) is 17.8 Å². The van der Waals surface area contributed by atoms with Crippen molar-refractivity contribution in [3.05, 3.63) is 46.7 Å². The van der Waals surface area contributed by atoms with Crippen molar-refractivity contribution in [3.8, 4) is 5.75 Å². The number of methoxy groups -OCH3 is 1. The summed E-state index contributed by atoms with van der Waals surface area (Å²) in [5.41, 5.74) is 1.07. The van der Waals surface area contributed by atoms with Crippen LogP contribution in [0, 0.1) is 11.2 Å². The van der Waals surface area contributed by atoms with Crippen molar-refractivity contribution in [1.82, 2.24) is 0 Å². The predicted octanol–water partition coefficient (Wildman–Crippen LogP) is 7.73. The Morgan fingerprint density at radius 1 is 1.13 bits per heavy atom. The number of hydrogen-bond donors (Lipinski definition) is 0. The molecule has 0 spiro atoms. The maximum Gasteiger partial charge on any atom is 0.238 e. The molecule has 0 fully saturated rings. The Morgan fingerprint density at radius 2 is 1.77 bits per heavy atom. The van der Waals surface area contributed by atoms with Gasteiger partial charge in [0, 0.05) is 16.3 Å². The summed E-state index contributed by atoms with van der Waals surface area (Å²) >= 11 is 5.30. The van der Waals surface area contributed by atoms with Gasteiger partial charge < -0.3 is 4.74 Å². The number of carbonyl (C=O) groups excluding carboxylic acids is 1. The first-order valence-corrected chi connectivity index (χ1v) is 12.3. The highest BCUT2D eigenvalue weighted by Crippen LogP contribution is 2.50. The molecule has 3 rings (SSSR count). The molecule has 162 valence electrons. The number of halogens is 2. The monoisotopic (exact) mass is 493 g/mol. The molecule has 1 heterocycles. The lowest BCUT2D eigenvalue weighted by atomic mass is 9.78. The molecule has 30 heavy (non-hydrogen) atoms. The zero-order valence-corrected chi connectivity index (χ0v) is 20.2. The van der Waals surface area contributed by atoms with Crippen molar-refractivity contribution < 1.29 is 13.9 Å². The molecule has 1 aliphatic rings. The smallest absolute Gasteiger partial charge is 0.238 e. The van der Waals surface area contributed by atoms with Gasteiger partial charge in [-0.1, -0.05) is 39.5 Å². The van der Waals surface area contributed by atoms with E-state index in [1.807, 2.05) is 12.1 Å². The second-order valence-electron chi connectivity index (χ2n) is 7.85. The number of ether oxygens (including phenoxy) is 1. The molecule has 6 heteroatoms. The summed E-state index contributed by atoms with van der Waals surface area (Å²) in [6.07, 6.45) is 5.84. The van der Waals surface area contributed by atoms with Gasteiger partial charge >= 0.3 is 0 Å². The van der Waals surface area contributed by atoms with Crippen LogP contribution in [0.25, 0.3) is 0 Å². The summed E-state index contributed by atoms with van der Waals surface area (Å²) in [4.78, 5) is 17.0. The van der Waals surface area contributed by atoms with E-state index in [9.17, 15) is 9.18 Å². The van der Waals surface area contributed by atoms with E-state index in [0.717, 1.165) is 65.1 Å². The van der Waals surface area contributed by atoms with E-state index < -0.39 is 5.41 Å². The Balaban J connectivity index is 2.17. The lowest BCUT2D eigenvalue weighted by molar-refractivity contribution is -0.127. The summed E-state index contributed by atoms with van der Waals surface area (Å²) in [5.74, 6) is 1.28. The fraction of sp³-hybridized carbons (Fsp3) is 0.458. The van der Waals surface area contributed by atoms with Gasteiger partial charge in [0.25, 0.3) is 0 Å². The number of rotatable bonds is 8. The van der Waals surface area contributed by atoms with Crippen LogP contribution >= 0.6 is 27.7 Å².